The van der Waals surface area contributed by atoms with E-state index in [1.165, 1.54) is 35.0 Å². The zero-order valence-electron chi connectivity index (χ0n) is 12.0. The van der Waals surface area contributed by atoms with Crippen LogP contribution in [0.1, 0.15) is 29.7 Å². The van der Waals surface area contributed by atoms with E-state index >= 15 is 0 Å². The van der Waals surface area contributed by atoms with Crippen LogP contribution in [0.15, 0.2) is 12.1 Å². The molecule has 0 spiro atoms. The standard InChI is InChI=1S/C16H22N2O/c1-10-4-7-14(19-3)16-15(10)13(11(2)18-16)8-9-17-12-5-6-12/h4,7,12,17-18H,5-6,8-9H2,1-3H3. The van der Waals surface area contributed by atoms with Gasteiger partial charge in [0.25, 0.3) is 0 Å². The van der Waals surface area contributed by atoms with Crippen LogP contribution in [-0.4, -0.2) is 24.7 Å². The summed E-state index contributed by atoms with van der Waals surface area (Å²) in [6.07, 6.45) is 3.77. The third-order valence-electron chi connectivity index (χ3n) is 4.05. The van der Waals surface area contributed by atoms with Crippen LogP contribution in [0.2, 0.25) is 0 Å². The SMILES string of the molecule is COc1ccc(C)c2c(CCNC3CC3)c(C)[nH]c12. The van der Waals surface area contributed by atoms with Crippen molar-refractivity contribution in [2.75, 3.05) is 13.7 Å². The second-order valence-corrected chi connectivity index (χ2v) is 5.54. The molecule has 3 rings (SSSR count). The largest absolute Gasteiger partial charge is 0.495 e. The Labute approximate surface area is 114 Å². The number of hydrogen-bond donors (Lipinski definition) is 2. The smallest absolute Gasteiger partial charge is 0.142 e. The summed E-state index contributed by atoms with van der Waals surface area (Å²) in [4.78, 5) is 3.49. The van der Waals surface area contributed by atoms with Crippen LogP contribution in [-0.2, 0) is 6.42 Å². The topological polar surface area (TPSA) is 37.0 Å². The molecule has 1 aliphatic rings. The maximum Gasteiger partial charge on any atom is 0.142 e. The molecule has 102 valence electrons. The van der Waals surface area contributed by atoms with E-state index in [2.05, 4.69) is 30.2 Å². The highest BCUT2D eigenvalue weighted by Gasteiger charge is 2.20. The molecular formula is C16H22N2O. The fraction of sp³-hybridized carbons (Fsp3) is 0.500. The molecule has 2 aromatic rings. The molecule has 0 amide bonds. The van der Waals surface area contributed by atoms with Crippen molar-refractivity contribution >= 4 is 10.9 Å². The van der Waals surface area contributed by atoms with Crippen LogP contribution >= 0.6 is 0 Å². The number of methoxy groups -OCH3 is 1. The van der Waals surface area contributed by atoms with Crippen molar-refractivity contribution in [3.05, 3.63) is 29.0 Å². The molecule has 0 atom stereocenters. The van der Waals surface area contributed by atoms with Gasteiger partial charge in [0.05, 0.1) is 12.6 Å². The number of hydrogen-bond acceptors (Lipinski definition) is 2. The Balaban J connectivity index is 1.94. The van der Waals surface area contributed by atoms with Crippen molar-refractivity contribution in [3.63, 3.8) is 0 Å². The summed E-state index contributed by atoms with van der Waals surface area (Å²) in [6.45, 7) is 5.40. The molecule has 1 aromatic carbocycles. The van der Waals surface area contributed by atoms with E-state index in [1.807, 2.05) is 6.07 Å². The van der Waals surface area contributed by atoms with Crippen molar-refractivity contribution in [1.82, 2.24) is 10.3 Å². The third-order valence-corrected chi connectivity index (χ3v) is 4.05. The lowest BCUT2D eigenvalue weighted by molar-refractivity contribution is 0.419. The highest BCUT2D eigenvalue weighted by molar-refractivity contribution is 5.92. The van der Waals surface area contributed by atoms with Gasteiger partial charge in [0.15, 0.2) is 0 Å². The molecule has 1 aliphatic carbocycles. The highest BCUT2D eigenvalue weighted by atomic mass is 16.5. The lowest BCUT2D eigenvalue weighted by Gasteiger charge is -2.07. The fourth-order valence-corrected chi connectivity index (χ4v) is 2.82. The van der Waals surface area contributed by atoms with Gasteiger partial charge in [-0.25, -0.2) is 0 Å². The quantitative estimate of drug-likeness (QED) is 0.864. The summed E-state index contributed by atoms with van der Waals surface area (Å²) < 4.78 is 5.46. The lowest BCUT2D eigenvalue weighted by Crippen LogP contribution is -2.19. The van der Waals surface area contributed by atoms with Gasteiger partial charge in [-0.05, 0) is 56.8 Å². The summed E-state index contributed by atoms with van der Waals surface area (Å²) in [7, 11) is 1.73. The first-order valence-corrected chi connectivity index (χ1v) is 7.09. The Hall–Kier alpha value is -1.48. The van der Waals surface area contributed by atoms with E-state index in [9.17, 15) is 0 Å². The van der Waals surface area contributed by atoms with E-state index in [-0.39, 0.29) is 0 Å². The summed E-state index contributed by atoms with van der Waals surface area (Å²) >= 11 is 0. The van der Waals surface area contributed by atoms with E-state index in [0.717, 1.165) is 30.3 Å². The minimum absolute atomic E-state index is 0.779. The third kappa shape index (κ3) is 2.35. The maximum atomic E-state index is 5.46. The second-order valence-electron chi connectivity index (χ2n) is 5.54. The van der Waals surface area contributed by atoms with Crippen LogP contribution in [0.3, 0.4) is 0 Å². The molecular weight excluding hydrogens is 236 g/mol. The average molecular weight is 258 g/mol. The van der Waals surface area contributed by atoms with Gasteiger partial charge in [0.1, 0.15) is 5.75 Å². The number of ether oxygens (including phenoxy) is 1. The number of aromatic nitrogens is 1. The molecule has 0 aliphatic heterocycles. The summed E-state index contributed by atoms with van der Waals surface area (Å²) in [5.74, 6) is 0.935. The molecule has 3 heteroatoms. The number of nitrogens with one attached hydrogen (secondary N) is 2. The molecule has 0 saturated heterocycles. The predicted octanol–water partition coefficient (Wildman–Crippen LogP) is 3.09. The number of rotatable bonds is 5. The molecule has 3 nitrogen and oxygen atoms in total. The van der Waals surface area contributed by atoms with E-state index < -0.39 is 0 Å². The average Bonchev–Trinajstić information content (AvgIpc) is 3.15. The maximum absolute atomic E-state index is 5.46. The fourth-order valence-electron chi connectivity index (χ4n) is 2.82. The molecule has 0 bridgehead atoms. The van der Waals surface area contributed by atoms with Crippen LogP contribution in [0, 0.1) is 13.8 Å². The monoisotopic (exact) mass is 258 g/mol. The number of aromatic amines is 1. The van der Waals surface area contributed by atoms with Gasteiger partial charge in [-0.1, -0.05) is 6.07 Å². The van der Waals surface area contributed by atoms with Gasteiger partial charge in [-0.15, -0.1) is 0 Å². The normalized spacial score (nSPS) is 15.1. The first-order chi connectivity index (χ1) is 9.20. The Bertz CT molecular complexity index is 596. The number of aryl methyl sites for hydroxylation is 2. The summed E-state index contributed by atoms with van der Waals surface area (Å²) in [6, 6.07) is 4.97. The number of fused-ring (bicyclic) bond motifs is 1. The van der Waals surface area contributed by atoms with Crippen molar-refractivity contribution in [1.29, 1.82) is 0 Å². The van der Waals surface area contributed by atoms with Crippen LogP contribution in [0.5, 0.6) is 5.75 Å². The van der Waals surface area contributed by atoms with E-state index in [4.69, 9.17) is 4.74 Å². The summed E-state index contributed by atoms with van der Waals surface area (Å²) in [5.41, 5.74) is 5.16. The minimum atomic E-state index is 0.779. The molecule has 1 fully saturated rings. The molecule has 2 N–H and O–H groups in total. The first kappa shape index (κ1) is 12.5. The summed E-state index contributed by atoms with van der Waals surface area (Å²) in [5, 5.41) is 4.93. The Morgan fingerprint density at radius 3 is 2.79 bits per heavy atom. The molecule has 0 radical (unpaired) electrons. The van der Waals surface area contributed by atoms with E-state index in [0.29, 0.717) is 0 Å². The van der Waals surface area contributed by atoms with Gasteiger partial charge in [-0.3, -0.25) is 0 Å². The van der Waals surface area contributed by atoms with Crippen LogP contribution in [0.25, 0.3) is 10.9 Å². The van der Waals surface area contributed by atoms with Gasteiger partial charge in [0.2, 0.25) is 0 Å². The van der Waals surface area contributed by atoms with Gasteiger partial charge in [0, 0.05) is 17.1 Å². The lowest BCUT2D eigenvalue weighted by atomic mass is 10.0. The van der Waals surface area contributed by atoms with Crippen LogP contribution in [0.4, 0.5) is 0 Å². The highest BCUT2D eigenvalue weighted by Crippen LogP contribution is 2.32. The van der Waals surface area contributed by atoms with Crippen molar-refractivity contribution in [2.45, 2.75) is 39.2 Å². The minimum Gasteiger partial charge on any atom is -0.495 e. The van der Waals surface area contributed by atoms with Crippen LogP contribution < -0.4 is 10.1 Å². The molecule has 0 unspecified atom stereocenters. The molecule has 1 heterocycles. The Morgan fingerprint density at radius 2 is 2.11 bits per heavy atom. The molecule has 1 aromatic heterocycles. The van der Waals surface area contributed by atoms with Crippen molar-refractivity contribution in [2.24, 2.45) is 0 Å². The second kappa shape index (κ2) is 4.89. The molecule has 1 saturated carbocycles. The number of H-pyrrole nitrogens is 1. The van der Waals surface area contributed by atoms with Crippen molar-refractivity contribution in [3.8, 4) is 5.75 Å². The first-order valence-electron chi connectivity index (χ1n) is 7.09. The zero-order valence-corrected chi connectivity index (χ0v) is 12.0. The number of benzene rings is 1. The predicted molar refractivity (Wildman–Crippen MR) is 79.1 cm³/mol. The zero-order chi connectivity index (χ0) is 13.4. The molecule has 19 heavy (non-hydrogen) atoms. The Morgan fingerprint density at radius 1 is 1.32 bits per heavy atom. The van der Waals surface area contributed by atoms with Gasteiger partial charge in [-0.2, -0.15) is 0 Å². The van der Waals surface area contributed by atoms with Gasteiger partial charge < -0.3 is 15.0 Å². The van der Waals surface area contributed by atoms with Gasteiger partial charge >= 0.3 is 0 Å². The van der Waals surface area contributed by atoms with Crippen molar-refractivity contribution < 1.29 is 4.74 Å². The van der Waals surface area contributed by atoms with E-state index in [1.54, 1.807) is 7.11 Å². The Kier molecular flexibility index (Phi) is 3.23.